The van der Waals surface area contributed by atoms with Gasteiger partial charge in [0.1, 0.15) is 22.9 Å². The Bertz CT molecular complexity index is 688. The van der Waals surface area contributed by atoms with Crippen molar-refractivity contribution in [1.82, 2.24) is 5.32 Å². The second-order valence-corrected chi connectivity index (χ2v) is 4.79. The second kappa shape index (κ2) is 5.51. The predicted octanol–water partition coefficient (Wildman–Crippen LogP) is 4.06. The summed E-state index contributed by atoms with van der Waals surface area (Å²) in [4.78, 5) is 0. The fourth-order valence-corrected chi connectivity index (χ4v) is 2.38. The Morgan fingerprint density at radius 1 is 1.25 bits per heavy atom. The molecule has 2 aromatic heterocycles. The molecule has 0 aliphatic rings. The molecule has 0 spiro atoms. The average Bonchev–Trinajstić information content (AvgIpc) is 3.08. The maximum absolute atomic E-state index is 13.2. The van der Waals surface area contributed by atoms with Gasteiger partial charge in [0.15, 0.2) is 0 Å². The molecule has 1 atom stereocenters. The molecule has 2 heterocycles. The molecule has 0 aliphatic heterocycles. The van der Waals surface area contributed by atoms with E-state index in [4.69, 9.17) is 8.83 Å². The Balaban J connectivity index is 1.79. The molecule has 0 fully saturated rings. The van der Waals surface area contributed by atoms with E-state index < -0.39 is 0 Å². The average molecular weight is 273 g/mol. The van der Waals surface area contributed by atoms with E-state index in [9.17, 15) is 4.39 Å². The number of aryl methyl sites for hydroxylation is 1. The molecule has 1 N–H and O–H groups in total. The van der Waals surface area contributed by atoms with E-state index in [0.717, 1.165) is 29.7 Å². The lowest BCUT2D eigenvalue weighted by Gasteiger charge is -2.12. The highest BCUT2D eigenvalue weighted by atomic mass is 19.1. The van der Waals surface area contributed by atoms with Crippen molar-refractivity contribution in [2.24, 2.45) is 0 Å². The van der Waals surface area contributed by atoms with Gasteiger partial charge in [0.2, 0.25) is 0 Å². The fourth-order valence-electron chi connectivity index (χ4n) is 2.38. The van der Waals surface area contributed by atoms with Gasteiger partial charge < -0.3 is 14.2 Å². The summed E-state index contributed by atoms with van der Waals surface area (Å²) in [5.41, 5.74) is 0.708. The third-order valence-corrected chi connectivity index (χ3v) is 3.45. The summed E-state index contributed by atoms with van der Waals surface area (Å²) in [5, 5.41) is 4.02. The van der Waals surface area contributed by atoms with E-state index in [1.807, 2.05) is 25.2 Å². The molecule has 3 rings (SSSR count). The lowest BCUT2D eigenvalue weighted by atomic mass is 10.1. The highest BCUT2D eigenvalue weighted by Crippen LogP contribution is 2.27. The van der Waals surface area contributed by atoms with E-state index in [1.165, 1.54) is 12.1 Å². The summed E-state index contributed by atoms with van der Waals surface area (Å²) in [6, 6.07) is 10.4. The van der Waals surface area contributed by atoms with Crippen LogP contribution in [0.3, 0.4) is 0 Å². The van der Waals surface area contributed by atoms with Gasteiger partial charge in [-0.3, -0.25) is 0 Å². The summed E-state index contributed by atoms with van der Waals surface area (Å²) < 4.78 is 24.3. The van der Waals surface area contributed by atoms with Crippen LogP contribution >= 0.6 is 0 Å². The monoisotopic (exact) mass is 273 g/mol. The number of nitrogens with one attached hydrogen (secondary N) is 1. The lowest BCUT2D eigenvalue weighted by molar-refractivity contribution is 0.414. The lowest BCUT2D eigenvalue weighted by Crippen LogP contribution is -2.16. The summed E-state index contributed by atoms with van der Waals surface area (Å²) >= 11 is 0. The number of hydrogen-bond acceptors (Lipinski definition) is 3. The minimum atomic E-state index is -0.249. The largest absolute Gasteiger partial charge is 0.469 e. The summed E-state index contributed by atoms with van der Waals surface area (Å²) in [5.74, 6) is 1.52. The molecule has 3 aromatic rings. The van der Waals surface area contributed by atoms with Crippen molar-refractivity contribution in [3.63, 3.8) is 0 Å². The van der Waals surface area contributed by atoms with Gasteiger partial charge in [-0.25, -0.2) is 4.39 Å². The van der Waals surface area contributed by atoms with E-state index in [1.54, 1.807) is 12.3 Å². The molecular weight excluding hydrogens is 257 g/mol. The van der Waals surface area contributed by atoms with E-state index in [2.05, 4.69) is 5.32 Å². The third-order valence-electron chi connectivity index (χ3n) is 3.45. The van der Waals surface area contributed by atoms with Crippen LogP contribution in [-0.2, 0) is 6.42 Å². The van der Waals surface area contributed by atoms with Crippen LogP contribution in [0.4, 0.5) is 4.39 Å². The van der Waals surface area contributed by atoms with Gasteiger partial charge in [-0.1, -0.05) is 0 Å². The molecular formula is C16H16FNO2. The standard InChI is InChI=1S/C16H16FNO2/c1-18-14(6-5-13-3-2-8-19-13)16-10-11-9-12(17)4-7-15(11)20-16/h2-4,7-10,14,18H,5-6H2,1H3. The molecule has 0 amide bonds. The van der Waals surface area contributed by atoms with Gasteiger partial charge in [0.25, 0.3) is 0 Å². The van der Waals surface area contributed by atoms with E-state index in [0.29, 0.717) is 5.58 Å². The number of hydrogen-bond donors (Lipinski definition) is 1. The third kappa shape index (κ3) is 2.60. The Hall–Kier alpha value is -2.07. The summed E-state index contributed by atoms with van der Waals surface area (Å²) in [6.45, 7) is 0. The van der Waals surface area contributed by atoms with Crippen molar-refractivity contribution < 1.29 is 13.2 Å². The zero-order valence-corrected chi connectivity index (χ0v) is 11.2. The first-order valence-electron chi connectivity index (χ1n) is 6.65. The quantitative estimate of drug-likeness (QED) is 0.762. The Labute approximate surface area is 116 Å². The zero-order chi connectivity index (χ0) is 13.9. The molecule has 3 nitrogen and oxygen atoms in total. The highest BCUT2D eigenvalue weighted by Gasteiger charge is 2.15. The van der Waals surface area contributed by atoms with Gasteiger partial charge >= 0.3 is 0 Å². The van der Waals surface area contributed by atoms with Crippen molar-refractivity contribution in [2.45, 2.75) is 18.9 Å². The highest BCUT2D eigenvalue weighted by molar-refractivity contribution is 5.78. The Morgan fingerprint density at radius 3 is 2.90 bits per heavy atom. The van der Waals surface area contributed by atoms with Crippen molar-refractivity contribution >= 4 is 11.0 Å². The van der Waals surface area contributed by atoms with Crippen LogP contribution in [0, 0.1) is 5.82 Å². The van der Waals surface area contributed by atoms with Crippen molar-refractivity contribution in [3.05, 3.63) is 60.0 Å². The summed E-state index contributed by atoms with van der Waals surface area (Å²) in [6.07, 6.45) is 3.35. The maximum Gasteiger partial charge on any atom is 0.134 e. The van der Waals surface area contributed by atoms with Crippen LogP contribution in [0.2, 0.25) is 0 Å². The molecule has 4 heteroatoms. The van der Waals surface area contributed by atoms with Crippen molar-refractivity contribution in [2.75, 3.05) is 7.05 Å². The van der Waals surface area contributed by atoms with Crippen LogP contribution in [-0.4, -0.2) is 7.05 Å². The molecule has 0 aliphatic carbocycles. The Morgan fingerprint density at radius 2 is 2.15 bits per heavy atom. The minimum absolute atomic E-state index is 0.0792. The molecule has 104 valence electrons. The molecule has 1 aromatic carbocycles. The van der Waals surface area contributed by atoms with Gasteiger partial charge in [-0.05, 0) is 49.9 Å². The fraction of sp³-hybridized carbons (Fsp3) is 0.250. The molecule has 0 saturated carbocycles. The van der Waals surface area contributed by atoms with Gasteiger partial charge in [-0.15, -0.1) is 0 Å². The number of benzene rings is 1. The summed E-state index contributed by atoms with van der Waals surface area (Å²) in [7, 11) is 1.89. The van der Waals surface area contributed by atoms with Gasteiger partial charge in [-0.2, -0.15) is 0 Å². The SMILES string of the molecule is CNC(CCc1ccco1)c1cc2cc(F)ccc2o1. The number of furan rings is 2. The topological polar surface area (TPSA) is 38.3 Å². The number of rotatable bonds is 5. The van der Waals surface area contributed by atoms with E-state index >= 15 is 0 Å². The first-order chi connectivity index (χ1) is 9.76. The minimum Gasteiger partial charge on any atom is -0.469 e. The van der Waals surface area contributed by atoms with Crippen molar-refractivity contribution in [1.29, 1.82) is 0 Å². The van der Waals surface area contributed by atoms with Gasteiger partial charge in [0, 0.05) is 11.8 Å². The molecule has 0 bridgehead atoms. The predicted molar refractivity (Wildman–Crippen MR) is 75.0 cm³/mol. The first kappa shape index (κ1) is 12.9. The van der Waals surface area contributed by atoms with E-state index in [-0.39, 0.29) is 11.9 Å². The molecule has 0 saturated heterocycles. The normalized spacial score (nSPS) is 12.9. The Kier molecular flexibility index (Phi) is 3.56. The van der Waals surface area contributed by atoms with Crippen LogP contribution in [0.1, 0.15) is 24.0 Å². The van der Waals surface area contributed by atoms with Gasteiger partial charge in [0.05, 0.1) is 12.3 Å². The molecule has 1 unspecified atom stereocenters. The first-order valence-corrected chi connectivity index (χ1v) is 6.65. The zero-order valence-electron chi connectivity index (χ0n) is 11.2. The van der Waals surface area contributed by atoms with Crippen LogP contribution in [0.25, 0.3) is 11.0 Å². The van der Waals surface area contributed by atoms with Crippen molar-refractivity contribution in [3.8, 4) is 0 Å². The maximum atomic E-state index is 13.2. The van der Waals surface area contributed by atoms with Crippen LogP contribution < -0.4 is 5.32 Å². The van der Waals surface area contributed by atoms with Crippen LogP contribution in [0.5, 0.6) is 0 Å². The smallest absolute Gasteiger partial charge is 0.134 e. The number of halogens is 1. The molecule has 20 heavy (non-hydrogen) atoms. The molecule has 0 radical (unpaired) electrons. The number of fused-ring (bicyclic) bond motifs is 1. The second-order valence-electron chi connectivity index (χ2n) is 4.79. The van der Waals surface area contributed by atoms with Crippen LogP contribution in [0.15, 0.2) is 51.5 Å².